The van der Waals surface area contributed by atoms with E-state index in [0.29, 0.717) is 6.07 Å². The maximum absolute atomic E-state index is 14.4. The van der Waals surface area contributed by atoms with Crippen LogP contribution in [-0.4, -0.2) is 29.8 Å². The number of aliphatic hydroxyl groups is 1. The SMILES string of the molecule is CC(c1ncncc1F)[C@@](O)(Cn1cncn1)c1ccc(F)cc1F. The lowest BCUT2D eigenvalue weighted by atomic mass is 9.79. The maximum atomic E-state index is 14.4. The molecular weight excluding hydrogens is 335 g/mol. The van der Waals surface area contributed by atoms with Crippen molar-refractivity contribution in [2.24, 2.45) is 0 Å². The molecule has 9 heteroatoms. The molecule has 0 saturated carbocycles. The van der Waals surface area contributed by atoms with E-state index < -0.39 is 29.0 Å². The van der Waals surface area contributed by atoms with E-state index >= 15 is 0 Å². The van der Waals surface area contributed by atoms with Gasteiger partial charge in [-0.1, -0.05) is 13.0 Å². The van der Waals surface area contributed by atoms with Gasteiger partial charge in [0.2, 0.25) is 0 Å². The highest BCUT2D eigenvalue weighted by atomic mass is 19.1. The van der Waals surface area contributed by atoms with Gasteiger partial charge < -0.3 is 5.11 Å². The van der Waals surface area contributed by atoms with Crippen LogP contribution in [0.2, 0.25) is 0 Å². The summed E-state index contributed by atoms with van der Waals surface area (Å²) in [6.45, 7) is 1.26. The summed E-state index contributed by atoms with van der Waals surface area (Å²) in [5.41, 5.74) is -2.25. The molecule has 25 heavy (non-hydrogen) atoms. The van der Waals surface area contributed by atoms with Crippen molar-refractivity contribution in [2.75, 3.05) is 0 Å². The minimum absolute atomic E-state index is 0.0960. The fourth-order valence-corrected chi connectivity index (χ4v) is 2.72. The van der Waals surface area contributed by atoms with Crippen LogP contribution in [-0.2, 0) is 12.1 Å². The molecule has 1 aromatic carbocycles. The third kappa shape index (κ3) is 3.22. The molecule has 0 bridgehead atoms. The van der Waals surface area contributed by atoms with Crippen LogP contribution in [0, 0.1) is 17.5 Å². The van der Waals surface area contributed by atoms with E-state index in [1.54, 1.807) is 0 Å². The topological polar surface area (TPSA) is 76.7 Å². The molecule has 2 heterocycles. The molecule has 2 aromatic heterocycles. The van der Waals surface area contributed by atoms with Gasteiger partial charge >= 0.3 is 0 Å². The standard InChI is InChI=1S/C16H14F3N5O/c1-10(15-14(19)5-20-7-22-15)16(25,6-24-9-21-8-23-24)12-3-2-11(17)4-13(12)18/h2-5,7-10,25H,6H2,1H3/t10?,16-/m0/s1. The zero-order chi connectivity index (χ0) is 18.0. The van der Waals surface area contributed by atoms with E-state index in [1.165, 1.54) is 24.3 Å². The molecular formula is C16H14F3N5O. The summed E-state index contributed by atoms with van der Waals surface area (Å²) >= 11 is 0. The number of hydrogen-bond donors (Lipinski definition) is 1. The van der Waals surface area contributed by atoms with Gasteiger partial charge in [0, 0.05) is 17.5 Å². The molecule has 0 saturated heterocycles. The predicted octanol–water partition coefficient (Wildman–Crippen LogP) is 2.18. The summed E-state index contributed by atoms with van der Waals surface area (Å²) in [5, 5.41) is 15.2. The van der Waals surface area contributed by atoms with Gasteiger partial charge in [-0.25, -0.2) is 32.8 Å². The first-order chi connectivity index (χ1) is 11.9. The molecule has 0 fully saturated rings. The second kappa shape index (κ2) is 6.60. The summed E-state index contributed by atoms with van der Waals surface area (Å²) in [4.78, 5) is 11.2. The number of nitrogens with zero attached hydrogens (tertiary/aromatic N) is 5. The van der Waals surface area contributed by atoms with Crippen LogP contribution in [0.1, 0.15) is 24.1 Å². The Morgan fingerprint density at radius 1 is 1.16 bits per heavy atom. The van der Waals surface area contributed by atoms with Crippen molar-refractivity contribution in [3.05, 3.63) is 72.1 Å². The molecule has 0 spiro atoms. The Labute approximate surface area is 141 Å². The monoisotopic (exact) mass is 349 g/mol. The summed E-state index contributed by atoms with van der Waals surface area (Å²) in [7, 11) is 0. The summed E-state index contributed by atoms with van der Waals surface area (Å²) < 4.78 is 43.0. The highest BCUT2D eigenvalue weighted by Crippen LogP contribution is 2.39. The van der Waals surface area contributed by atoms with Gasteiger partial charge in [0.05, 0.1) is 18.4 Å². The molecule has 6 nitrogen and oxygen atoms in total. The molecule has 1 N–H and O–H groups in total. The number of benzene rings is 1. The van der Waals surface area contributed by atoms with Gasteiger partial charge in [0.25, 0.3) is 0 Å². The Balaban J connectivity index is 2.13. The van der Waals surface area contributed by atoms with Crippen LogP contribution < -0.4 is 0 Å². The van der Waals surface area contributed by atoms with Crippen molar-refractivity contribution in [1.29, 1.82) is 0 Å². The number of aromatic nitrogens is 5. The van der Waals surface area contributed by atoms with Gasteiger partial charge in [-0.2, -0.15) is 5.10 Å². The van der Waals surface area contributed by atoms with Crippen LogP contribution >= 0.6 is 0 Å². The fourth-order valence-electron chi connectivity index (χ4n) is 2.72. The predicted molar refractivity (Wildman–Crippen MR) is 80.7 cm³/mol. The van der Waals surface area contributed by atoms with Gasteiger partial charge in [0.1, 0.15) is 36.2 Å². The first kappa shape index (κ1) is 17.0. The van der Waals surface area contributed by atoms with Crippen molar-refractivity contribution in [3.63, 3.8) is 0 Å². The van der Waals surface area contributed by atoms with Crippen LogP contribution in [0.25, 0.3) is 0 Å². The third-order valence-electron chi connectivity index (χ3n) is 4.09. The first-order valence-electron chi connectivity index (χ1n) is 7.37. The number of halogens is 3. The lowest BCUT2D eigenvalue weighted by Gasteiger charge is -2.34. The van der Waals surface area contributed by atoms with E-state index in [4.69, 9.17) is 0 Å². The van der Waals surface area contributed by atoms with Crippen molar-refractivity contribution in [3.8, 4) is 0 Å². The second-order valence-electron chi connectivity index (χ2n) is 5.62. The maximum Gasteiger partial charge on any atom is 0.163 e. The number of rotatable bonds is 5. The van der Waals surface area contributed by atoms with Crippen molar-refractivity contribution >= 4 is 0 Å². The largest absolute Gasteiger partial charge is 0.382 e. The summed E-state index contributed by atoms with van der Waals surface area (Å²) in [6, 6.07) is 2.80. The molecule has 0 aliphatic carbocycles. The molecule has 1 unspecified atom stereocenters. The van der Waals surface area contributed by atoms with Crippen LogP contribution in [0.5, 0.6) is 0 Å². The highest BCUT2D eigenvalue weighted by Gasteiger charge is 2.41. The van der Waals surface area contributed by atoms with E-state index in [9.17, 15) is 18.3 Å². The van der Waals surface area contributed by atoms with Gasteiger partial charge in [-0.3, -0.25) is 0 Å². The quantitative estimate of drug-likeness (QED) is 0.764. The average molecular weight is 349 g/mol. The van der Waals surface area contributed by atoms with Crippen LogP contribution in [0.3, 0.4) is 0 Å². The lowest BCUT2D eigenvalue weighted by Crippen LogP contribution is -2.39. The first-order valence-corrected chi connectivity index (χ1v) is 7.37. The minimum atomic E-state index is -1.96. The molecule has 0 aliphatic heterocycles. The van der Waals surface area contributed by atoms with Gasteiger partial charge in [-0.15, -0.1) is 0 Å². The highest BCUT2D eigenvalue weighted by molar-refractivity contribution is 5.30. The molecule has 0 amide bonds. The molecule has 3 aromatic rings. The van der Waals surface area contributed by atoms with Crippen LogP contribution in [0.15, 0.2) is 43.4 Å². The zero-order valence-electron chi connectivity index (χ0n) is 13.1. The van der Waals surface area contributed by atoms with E-state index in [2.05, 4.69) is 20.1 Å². The molecule has 2 atom stereocenters. The molecule has 3 rings (SSSR count). The lowest BCUT2D eigenvalue weighted by molar-refractivity contribution is -0.0133. The summed E-state index contributed by atoms with van der Waals surface area (Å²) in [5.74, 6) is -3.47. The fraction of sp³-hybridized carbons (Fsp3) is 0.250. The smallest absolute Gasteiger partial charge is 0.163 e. The van der Waals surface area contributed by atoms with E-state index in [-0.39, 0.29) is 17.8 Å². The van der Waals surface area contributed by atoms with E-state index in [1.807, 2.05) is 0 Å². The average Bonchev–Trinajstić information content (AvgIpc) is 3.07. The zero-order valence-corrected chi connectivity index (χ0v) is 13.1. The van der Waals surface area contributed by atoms with Crippen LogP contribution in [0.4, 0.5) is 13.2 Å². The third-order valence-corrected chi connectivity index (χ3v) is 4.09. The van der Waals surface area contributed by atoms with E-state index in [0.717, 1.165) is 24.7 Å². The Bertz CT molecular complexity index is 874. The Morgan fingerprint density at radius 3 is 2.60 bits per heavy atom. The summed E-state index contributed by atoms with van der Waals surface area (Å²) in [6.07, 6.45) is 4.66. The Kier molecular flexibility index (Phi) is 4.49. The Morgan fingerprint density at radius 2 is 1.96 bits per heavy atom. The molecule has 130 valence electrons. The molecule has 0 radical (unpaired) electrons. The van der Waals surface area contributed by atoms with Crippen molar-refractivity contribution in [2.45, 2.75) is 25.0 Å². The van der Waals surface area contributed by atoms with Gasteiger partial charge in [0.15, 0.2) is 5.82 Å². The minimum Gasteiger partial charge on any atom is -0.382 e. The Hall–Kier alpha value is -2.81. The van der Waals surface area contributed by atoms with Crippen molar-refractivity contribution in [1.82, 2.24) is 24.7 Å². The molecule has 0 aliphatic rings. The second-order valence-corrected chi connectivity index (χ2v) is 5.62. The number of hydrogen-bond acceptors (Lipinski definition) is 5. The van der Waals surface area contributed by atoms with Gasteiger partial charge in [-0.05, 0) is 6.07 Å². The van der Waals surface area contributed by atoms with Crippen molar-refractivity contribution < 1.29 is 18.3 Å². The normalized spacial score (nSPS) is 14.9.